The summed E-state index contributed by atoms with van der Waals surface area (Å²) in [5.74, 6) is 0. The fraction of sp³-hybridized carbons (Fsp3) is 0.357. The minimum absolute atomic E-state index is 0.183. The van der Waals surface area contributed by atoms with Gasteiger partial charge >= 0.3 is 0 Å². The molecule has 1 unspecified atom stereocenters. The van der Waals surface area contributed by atoms with Crippen molar-refractivity contribution in [2.75, 3.05) is 0 Å². The molecule has 16 heavy (non-hydrogen) atoms. The molecule has 0 aliphatic rings. The predicted molar refractivity (Wildman–Crippen MR) is 66.4 cm³/mol. The van der Waals surface area contributed by atoms with E-state index in [1.54, 1.807) is 0 Å². The van der Waals surface area contributed by atoms with Crippen molar-refractivity contribution < 1.29 is 5.11 Å². The lowest BCUT2D eigenvalue weighted by Crippen LogP contribution is -2.05. The van der Waals surface area contributed by atoms with Crippen LogP contribution in [0, 0.1) is 0 Å². The molecule has 1 aromatic heterocycles. The van der Waals surface area contributed by atoms with Crippen LogP contribution in [0.5, 0.6) is 0 Å². The zero-order valence-electron chi connectivity index (χ0n) is 9.56. The van der Waals surface area contributed by atoms with Crippen LogP contribution in [0.1, 0.15) is 25.3 Å². The lowest BCUT2D eigenvalue weighted by Gasteiger charge is -2.09. The standard InChI is InChI=1S/C14H17NO/c1-2-13(16)7-6-11-4-3-5-12-10-15-9-8-14(11)12/h3-5,8-10,13,16H,2,6-7H2,1H3. The Kier molecular flexibility index (Phi) is 3.52. The van der Waals surface area contributed by atoms with Gasteiger partial charge in [-0.3, -0.25) is 4.98 Å². The average Bonchev–Trinajstić information content (AvgIpc) is 2.35. The summed E-state index contributed by atoms with van der Waals surface area (Å²) in [5.41, 5.74) is 1.30. The second kappa shape index (κ2) is 5.08. The first kappa shape index (κ1) is 11.1. The van der Waals surface area contributed by atoms with Crippen LogP contribution in [0.4, 0.5) is 0 Å². The first-order chi connectivity index (χ1) is 7.81. The molecule has 2 nitrogen and oxygen atoms in total. The largest absolute Gasteiger partial charge is 0.393 e. The molecule has 1 atom stereocenters. The second-order valence-electron chi connectivity index (χ2n) is 4.11. The number of nitrogens with zero attached hydrogens (tertiary/aromatic N) is 1. The minimum Gasteiger partial charge on any atom is -0.393 e. The molecule has 1 heterocycles. The van der Waals surface area contributed by atoms with E-state index in [0.29, 0.717) is 0 Å². The zero-order chi connectivity index (χ0) is 11.4. The first-order valence-electron chi connectivity index (χ1n) is 5.81. The maximum atomic E-state index is 9.58. The number of benzene rings is 1. The van der Waals surface area contributed by atoms with E-state index in [4.69, 9.17) is 0 Å². The van der Waals surface area contributed by atoms with Crippen LogP contribution in [0.25, 0.3) is 10.8 Å². The van der Waals surface area contributed by atoms with Gasteiger partial charge in [-0.1, -0.05) is 25.1 Å². The van der Waals surface area contributed by atoms with Gasteiger partial charge in [-0.15, -0.1) is 0 Å². The Balaban J connectivity index is 2.23. The topological polar surface area (TPSA) is 33.1 Å². The number of aryl methyl sites for hydroxylation is 1. The lowest BCUT2D eigenvalue weighted by molar-refractivity contribution is 0.161. The summed E-state index contributed by atoms with van der Waals surface area (Å²) < 4.78 is 0. The van der Waals surface area contributed by atoms with Gasteiger partial charge in [0.05, 0.1) is 6.10 Å². The number of aliphatic hydroxyl groups is 1. The first-order valence-corrected chi connectivity index (χ1v) is 5.81. The van der Waals surface area contributed by atoms with Crippen molar-refractivity contribution >= 4 is 10.8 Å². The molecule has 0 aliphatic carbocycles. The van der Waals surface area contributed by atoms with Gasteiger partial charge in [-0.05, 0) is 36.3 Å². The van der Waals surface area contributed by atoms with Gasteiger partial charge in [0.25, 0.3) is 0 Å². The van der Waals surface area contributed by atoms with Gasteiger partial charge in [-0.2, -0.15) is 0 Å². The summed E-state index contributed by atoms with van der Waals surface area (Å²) in [4.78, 5) is 4.12. The fourth-order valence-corrected chi connectivity index (χ4v) is 1.93. The molecule has 0 aliphatic heterocycles. The Morgan fingerprint density at radius 3 is 3.00 bits per heavy atom. The normalized spacial score (nSPS) is 12.9. The van der Waals surface area contributed by atoms with Crippen molar-refractivity contribution in [3.8, 4) is 0 Å². The van der Waals surface area contributed by atoms with Crippen LogP contribution in [0.3, 0.4) is 0 Å². The Morgan fingerprint density at radius 2 is 2.19 bits per heavy atom. The Morgan fingerprint density at radius 1 is 1.31 bits per heavy atom. The number of rotatable bonds is 4. The van der Waals surface area contributed by atoms with Gasteiger partial charge in [0.2, 0.25) is 0 Å². The summed E-state index contributed by atoms with van der Waals surface area (Å²) in [5, 5.41) is 12.0. The lowest BCUT2D eigenvalue weighted by atomic mass is 10.0. The molecule has 0 saturated carbocycles. The third kappa shape index (κ3) is 2.39. The Labute approximate surface area is 96.0 Å². The van der Waals surface area contributed by atoms with Gasteiger partial charge in [0, 0.05) is 17.8 Å². The molecule has 1 N–H and O–H groups in total. The third-order valence-electron chi connectivity index (χ3n) is 2.99. The minimum atomic E-state index is -0.183. The van der Waals surface area contributed by atoms with Gasteiger partial charge < -0.3 is 5.11 Å². The molecule has 84 valence electrons. The summed E-state index contributed by atoms with van der Waals surface area (Å²) in [7, 11) is 0. The maximum absolute atomic E-state index is 9.58. The predicted octanol–water partition coefficient (Wildman–Crippen LogP) is 2.94. The molecule has 2 rings (SSSR count). The molecule has 0 saturated heterocycles. The highest BCUT2D eigenvalue weighted by Crippen LogP contribution is 2.19. The zero-order valence-corrected chi connectivity index (χ0v) is 9.56. The van der Waals surface area contributed by atoms with Gasteiger partial charge in [0.15, 0.2) is 0 Å². The quantitative estimate of drug-likeness (QED) is 0.850. The van der Waals surface area contributed by atoms with Crippen LogP contribution < -0.4 is 0 Å². The van der Waals surface area contributed by atoms with E-state index in [-0.39, 0.29) is 6.10 Å². The number of hydrogen-bond acceptors (Lipinski definition) is 2. The summed E-state index contributed by atoms with van der Waals surface area (Å²) in [6.07, 6.45) is 6.11. The SMILES string of the molecule is CCC(O)CCc1cccc2cnccc12. The van der Waals surface area contributed by atoms with Crippen LogP contribution in [-0.2, 0) is 6.42 Å². The highest BCUT2D eigenvalue weighted by atomic mass is 16.3. The van der Waals surface area contributed by atoms with Gasteiger partial charge in [0.1, 0.15) is 0 Å². The molecular weight excluding hydrogens is 198 g/mol. The number of pyridine rings is 1. The van der Waals surface area contributed by atoms with Crippen molar-refractivity contribution in [1.82, 2.24) is 4.98 Å². The highest BCUT2D eigenvalue weighted by Gasteiger charge is 2.04. The number of fused-ring (bicyclic) bond motifs is 1. The summed E-state index contributed by atoms with van der Waals surface area (Å²) >= 11 is 0. The monoisotopic (exact) mass is 215 g/mol. The van der Waals surface area contributed by atoms with E-state index < -0.39 is 0 Å². The van der Waals surface area contributed by atoms with E-state index in [1.165, 1.54) is 16.3 Å². The van der Waals surface area contributed by atoms with E-state index in [0.717, 1.165) is 19.3 Å². The number of aromatic nitrogens is 1. The van der Waals surface area contributed by atoms with Crippen molar-refractivity contribution in [3.05, 3.63) is 42.2 Å². The smallest absolute Gasteiger partial charge is 0.0540 e. The average molecular weight is 215 g/mol. The van der Waals surface area contributed by atoms with Crippen molar-refractivity contribution in [1.29, 1.82) is 0 Å². The maximum Gasteiger partial charge on any atom is 0.0540 e. The van der Waals surface area contributed by atoms with E-state index >= 15 is 0 Å². The molecule has 0 amide bonds. The molecule has 0 bridgehead atoms. The van der Waals surface area contributed by atoms with Gasteiger partial charge in [-0.25, -0.2) is 0 Å². The molecule has 0 radical (unpaired) electrons. The van der Waals surface area contributed by atoms with Crippen LogP contribution in [0.15, 0.2) is 36.7 Å². The van der Waals surface area contributed by atoms with Crippen molar-refractivity contribution in [2.45, 2.75) is 32.3 Å². The van der Waals surface area contributed by atoms with Crippen LogP contribution in [0.2, 0.25) is 0 Å². The van der Waals surface area contributed by atoms with E-state index in [1.807, 2.05) is 25.4 Å². The Bertz CT molecular complexity index is 462. The van der Waals surface area contributed by atoms with Crippen molar-refractivity contribution in [3.63, 3.8) is 0 Å². The molecule has 2 aromatic rings. The van der Waals surface area contributed by atoms with Crippen molar-refractivity contribution in [2.24, 2.45) is 0 Å². The molecule has 1 aromatic carbocycles. The number of hydrogen-bond donors (Lipinski definition) is 1. The van der Waals surface area contributed by atoms with Crippen LogP contribution >= 0.6 is 0 Å². The van der Waals surface area contributed by atoms with Crippen LogP contribution in [-0.4, -0.2) is 16.2 Å². The molecular formula is C14H17NO. The molecule has 0 spiro atoms. The van der Waals surface area contributed by atoms with E-state index in [9.17, 15) is 5.11 Å². The van der Waals surface area contributed by atoms with E-state index in [2.05, 4.69) is 23.2 Å². The fourth-order valence-electron chi connectivity index (χ4n) is 1.93. The number of aliphatic hydroxyl groups excluding tert-OH is 1. The highest BCUT2D eigenvalue weighted by molar-refractivity contribution is 5.84. The Hall–Kier alpha value is -1.41. The second-order valence-corrected chi connectivity index (χ2v) is 4.11. The summed E-state index contributed by atoms with van der Waals surface area (Å²) in [6.45, 7) is 2.01. The third-order valence-corrected chi connectivity index (χ3v) is 2.99. The molecule has 0 fully saturated rings. The summed E-state index contributed by atoms with van der Waals surface area (Å²) in [6, 6.07) is 8.30. The molecule has 2 heteroatoms.